The maximum atomic E-state index is 13.6. The van der Waals surface area contributed by atoms with Gasteiger partial charge >= 0.3 is 0 Å². The Bertz CT molecular complexity index is 1530. The van der Waals surface area contributed by atoms with Crippen molar-refractivity contribution in [1.29, 1.82) is 0 Å². The Kier molecular flexibility index (Phi) is 7.45. The van der Waals surface area contributed by atoms with Gasteiger partial charge in [0, 0.05) is 15.6 Å². The van der Waals surface area contributed by atoms with Crippen LogP contribution < -0.4 is 19.8 Å². The van der Waals surface area contributed by atoms with E-state index in [1.165, 1.54) is 4.68 Å². The molecule has 0 aliphatic rings. The first-order valence-corrected chi connectivity index (χ1v) is 12.2. The van der Waals surface area contributed by atoms with Gasteiger partial charge in [0.25, 0.3) is 5.56 Å². The van der Waals surface area contributed by atoms with Crippen molar-refractivity contribution in [3.05, 3.63) is 80.0 Å². The van der Waals surface area contributed by atoms with Crippen LogP contribution in [0.25, 0.3) is 22.3 Å². The average molecular weight is 550 g/mol. The molecule has 0 saturated heterocycles. The van der Waals surface area contributed by atoms with E-state index in [1.807, 2.05) is 37.3 Å². The van der Waals surface area contributed by atoms with E-state index >= 15 is 0 Å². The van der Waals surface area contributed by atoms with E-state index < -0.39 is 0 Å². The van der Waals surface area contributed by atoms with Gasteiger partial charge < -0.3 is 14.2 Å². The molecule has 4 aromatic rings. The Balaban J connectivity index is 1.98. The zero-order valence-corrected chi connectivity index (χ0v) is 22.7. The molecule has 0 aliphatic heterocycles. The summed E-state index contributed by atoms with van der Waals surface area (Å²) in [5.41, 5.74) is 3.83. The first-order chi connectivity index (χ1) is 17.3. The van der Waals surface area contributed by atoms with Gasteiger partial charge in [0.05, 0.1) is 38.4 Å². The molecule has 0 N–H and O–H groups in total. The Morgan fingerprint density at radius 3 is 2.31 bits per heavy atom. The lowest BCUT2D eigenvalue weighted by molar-refractivity contribution is 0.354. The van der Waals surface area contributed by atoms with E-state index in [-0.39, 0.29) is 11.5 Å². The van der Waals surface area contributed by atoms with Crippen LogP contribution in [0.1, 0.15) is 36.5 Å². The second kappa shape index (κ2) is 10.5. The van der Waals surface area contributed by atoms with Crippen LogP contribution in [0.5, 0.6) is 17.2 Å². The normalized spacial score (nSPS) is 11.4. The van der Waals surface area contributed by atoms with Gasteiger partial charge in [-0.1, -0.05) is 26.0 Å². The van der Waals surface area contributed by atoms with Crippen molar-refractivity contribution < 1.29 is 14.2 Å². The van der Waals surface area contributed by atoms with Crippen molar-refractivity contribution in [3.8, 4) is 28.6 Å². The van der Waals surface area contributed by atoms with Crippen molar-refractivity contribution in [1.82, 2.24) is 9.66 Å². The van der Waals surface area contributed by atoms with Crippen molar-refractivity contribution >= 4 is 33.0 Å². The Morgan fingerprint density at radius 1 is 0.972 bits per heavy atom. The number of benzene rings is 3. The summed E-state index contributed by atoms with van der Waals surface area (Å²) in [6.45, 7) is 6.18. The lowest BCUT2D eigenvalue weighted by Crippen LogP contribution is -2.21. The summed E-state index contributed by atoms with van der Waals surface area (Å²) in [5.74, 6) is 2.61. The maximum absolute atomic E-state index is 13.6. The fourth-order valence-corrected chi connectivity index (χ4v) is 4.49. The van der Waals surface area contributed by atoms with Crippen LogP contribution in [0, 0.1) is 6.92 Å². The van der Waals surface area contributed by atoms with E-state index in [0.29, 0.717) is 33.8 Å². The number of aryl methyl sites for hydroxylation is 1. The number of rotatable bonds is 7. The number of hydrogen-bond donors (Lipinski definition) is 0. The van der Waals surface area contributed by atoms with E-state index in [9.17, 15) is 4.79 Å². The lowest BCUT2D eigenvalue weighted by atomic mass is 9.96. The number of para-hydroxylation sites is 1. The molecule has 0 radical (unpaired) electrons. The third-order valence-corrected chi connectivity index (χ3v) is 6.70. The fraction of sp³-hybridized carbons (Fsp3) is 0.250. The molecule has 1 aromatic heterocycles. The minimum absolute atomic E-state index is 0.214. The van der Waals surface area contributed by atoms with Crippen molar-refractivity contribution in [3.63, 3.8) is 0 Å². The van der Waals surface area contributed by atoms with Gasteiger partial charge in [-0.05, 0) is 76.3 Å². The summed E-state index contributed by atoms with van der Waals surface area (Å²) in [5, 5.41) is 5.10. The highest BCUT2D eigenvalue weighted by Crippen LogP contribution is 2.35. The summed E-state index contributed by atoms with van der Waals surface area (Å²) in [4.78, 5) is 18.5. The fourth-order valence-electron chi connectivity index (χ4n) is 4.06. The molecule has 0 amide bonds. The van der Waals surface area contributed by atoms with Crippen molar-refractivity contribution in [2.24, 2.45) is 5.10 Å². The molecule has 0 spiro atoms. The van der Waals surface area contributed by atoms with E-state index in [4.69, 9.17) is 19.2 Å². The average Bonchev–Trinajstić information content (AvgIpc) is 2.88. The Hall–Kier alpha value is -3.65. The minimum atomic E-state index is -0.259. The van der Waals surface area contributed by atoms with Gasteiger partial charge in [-0.2, -0.15) is 9.78 Å². The SMILES string of the molecule is COc1cc(Br)c(C=Nn2c(-c3cc(C(C)C)c(OC)cc3C)nc3ccccc3c2=O)cc1OC. The molecule has 0 saturated carbocycles. The van der Waals surface area contributed by atoms with E-state index in [1.54, 1.807) is 45.7 Å². The van der Waals surface area contributed by atoms with Gasteiger partial charge in [-0.25, -0.2) is 4.98 Å². The molecule has 0 fully saturated rings. The summed E-state index contributed by atoms with van der Waals surface area (Å²) in [7, 11) is 4.81. The number of aromatic nitrogens is 2. The summed E-state index contributed by atoms with van der Waals surface area (Å²) in [6.07, 6.45) is 1.61. The predicted molar refractivity (Wildman–Crippen MR) is 147 cm³/mol. The van der Waals surface area contributed by atoms with Gasteiger partial charge in [0.1, 0.15) is 5.75 Å². The number of nitrogens with zero attached hydrogens (tertiary/aromatic N) is 3. The molecule has 0 aliphatic carbocycles. The lowest BCUT2D eigenvalue weighted by Gasteiger charge is -2.17. The molecule has 8 heteroatoms. The highest BCUT2D eigenvalue weighted by atomic mass is 79.9. The van der Waals surface area contributed by atoms with Gasteiger partial charge in [0.15, 0.2) is 17.3 Å². The molecule has 186 valence electrons. The Labute approximate surface area is 218 Å². The zero-order chi connectivity index (χ0) is 26.0. The van der Waals surface area contributed by atoms with Crippen LogP contribution in [0.15, 0.2) is 62.9 Å². The van der Waals surface area contributed by atoms with Crippen LogP contribution in [0.2, 0.25) is 0 Å². The monoisotopic (exact) mass is 549 g/mol. The second-order valence-electron chi connectivity index (χ2n) is 8.61. The molecule has 36 heavy (non-hydrogen) atoms. The highest BCUT2D eigenvalue weighted by Gasteiger charge is 2.18. The standard InChI is InChI=1S/C28H28BrN3O4/c1-16(2)20-13-21(17(3)11-24(20)34-4)27-31-23-10-8-7-9-19(23)28(33)32(27)30-15-18-12-25(35-5)26(36-6)14-22(18)29/h7-16H,1-6H3. The zero-order valence-electron chi connectivity index (χ0n) is 21.1. The third kappa shape index (κ3) is 4.73. The first kappa shape index (κ1) is 25.4. The number of ether oxygens (including phenoxy) is 3. The molecule has 0 unspecified atom stereocenters. The van der Waals surface area contributed by atoms with Crippen molar-refractivity contribution in [2.75, 3.05) is 21.3 Å². The van der Waals surface area contributed by atoms with Gasteiger partial charge in [-0.15, -0.1) is 0 Å². The molecule has 0 atom stereocenters. The van der Waals surface area contributed by atoms with Crippen LogP contribution in [0.4, 0.5) is 0 Å². The highest BCUT2D eigenvalue weighted by molar-refractivity contribution is 9.10. The smallest absolute Gasteiger partial charge is 0.282 e. The number of hydrogen-bond acceptors (Lipinski definition) is 6. The van der Waals surface area contributed by atoms with E-state index in [0.717, 1.165) is 26.9 Å². The summed E-state index contributed by atoms with van der Waals surface area (Å²) < 4.78 is 18.5. The quantitative estimate of drug-likeness (QED) is 0.258. The maximum Gasteiger partial charge on any atom is 0.282 e. The molecule has 0 bridgehead atoms. The van der Waals surface area contributed by atoms with Crippen LogP contribution >= 0.6 is 15.9 Å². The van der Waals surface area contributed by atoms with Crippen LogP contribution in [0.3, 0.4) is 0 Å². The van der Waals surface area contributed by atoms with Gasteiger partial charge in [0.2, 0.25) is 0 Å². The molecular weight excluding hydrogens is 522 g/mol. The topological polar surface area (TPSA) is 74.9 Å². The number of methoxy groups -OCH3 is 3. The first-order valence-electron chi connectivity index (χ1n) is 11.5. The minimum Gasteiger partial charge on any atom is -0.496 e. The number of halogens is 1. The molecule has 4 rings (SSSR count). The van der Waals surface area contributed by atoms with E-state index in [2.05, 4.69) is 34.9 Å². The van der Waals surface area contributed by atoms with Gasteiger partial charge in [-0.3, -0.25) is 4.79 Å². The third-order valence-electron chi connectivity index (χ3n) is 6.01. The molecule has 3 aromatic carbocycles. The predicted octanol–water partition coefficient (Wildman–Crippen LogP) is 6.17. The van der Waals surface area contributed by atoms with Crippen LogP contribution in [-0.4, -0.2) is 37.2 Å². The van der Waals surface area contributed by atoms with Crippen molar-refractivity contribution in [2.45, 2.75) is 26.7 Å². The number of fused-ring (bicyclic) bond motifs is 1. The molecule has 1 heterocycles. The van der Waals surface area contributed by atoms with Crippen LogP contribution in [-0.2, 0) is 0 Å². The summed E-state index contributed by atoms with van der Waals surface area (Å²) >= 11 is 3.56. The largest absolute Gasteiger partial charge is 0.496 e. The molecular formula is C28H28BrN3O4. The summed E-state index contributed by atoms with van der Waals surface area (Å²) in [6, 6.07) is 14.9. The molecule has 7 nitrogen and oxygen atoms in total. The second-order valence-corrected chi connectivity index (χ2v) is 9.46. The Morgan fingerprint density at radius 2 is 1.64 bits per heavy atom.